The van der Waals surface area contributed by atoms with Gasteiger partial charge in [-0.15, -0.1) is 0 Å². The van der Waals surface area contributed by atoms with Gasteiger partial charge in [-0.3, -0.25) is 10.1 Å². The monoisotopic (exact) mass is 342 g/mol. The van der Waals surface area contributed by atoms with E-state index in [1.54, 1.807) is 18.2 Å². The maximum absolute atomic E-state index is 10.5. The predicted octanol–water partition coefficient (Wildman–Crippen LogP) is 2.73. The number of nitro groups is 1. The zero-order valence-electron chi connectivity index (χ0n) is 8.50. The van der Waals surface area contributed by atoms with Crippen molar-refractivity contribution >= 4 is 39.8 Å². The van der Waals surface area contributed by atoms with Gasteiger partial charge in [-0.25, -0.2) is 9.97 Å². The van der Waals surface area contributed by atoms with Crippen molar-refractivity contribution in [3.8, 4) is 0 Å². The molecule has 0 aliphatic heterocycles. The van der Waals surface area contributed by atoms with Crippen LogP contribution in [0.15, 0.2) is 36.7 Å². The molecule has 1 heterocycles. The third-order valence-electron chi connectivity index (χ3n) is 1.98. The summed E-state index contributed by atoms with van der Waals surface area (Å²) in [7, 11) is 0. The summed E-state index contributed by atoms with van der Waals surface area (Å²) in [5.41, 5.74) is 0.804. The lowest BCUT2D eigenvalue weighted by Gasteiger charge is -2.04. The molecule has 0 atom stereocenters. The first-order valence-corrected chi connectivity index (χ1v) is 5.72. The van der Waals surface area contributed by atoms with Crippen LogP contribution in [-0.4, -0.2) is 14.9 Å². The predicted molar refractivity (Wildman–Crippen MR) is 71.1 cm³/mol. The van der Waals surface area contributed by atoms with Crippen LogP contribution in [0.25, 0.3) is 0 Å². The SMILES string of the molecule is O=[N+]([O-])c1ccc(Nc2cc(I)ncn2)cc1. The largest absolute Gasteiger partial charge is 0.340 e. The van der Waals surface area contributed by atoms with E-state index in [-0.39, 0.29) is 5.69 Å². The van der Waals surface area contributed by atoms with E-state index in [0.717, 1.165) is 9.39 Å². The Bertz CT molecular complexity index is 544. The summed E-state index contributed by atoms with van der Waals surface area (Å²) in [5, 5.41) is 13.5. The number of hydrogen-bond donors (Lipinski definition) is 1. The number of halogens is 1. The number of anilines is 2. The van der Waals surface area contributed by atoms with Crippen LogP contribution in [0, 0.1) is 13.8 Å². The summed E-state index contributed by atoms with van der Waals surface area (Å²) in [6.07, 6.45) is 1.45. The Balaban J connectivity index is 2.16. The molecule has 0 amide bonds. The molecule has 0 spiro atoms. The van der Waals surface area contributed by atoms with Crippen LogP contribution in [0.1, 0.15) is 0 Å². The van der Waals surface area contributed by atoms with Crippen molar-refractivity contribution in [1.29, 1.82) is 0 Å². The molecule has 0 fully saturated rings. The molecule has 0 saturated carbocycles. The van der Waals surface area contributed by atoms with Crippen LogP contribution in [0.2, 0.25) is 0 Å². The quantitative estimate of drug-likeness (QED) is 0.401. The molecular formula is C10H7IN4O2. The van der Waals surface area contributed by atoms with E-state index in [1.807, 2.05) is 0 Å². The van der Waals surface area contributed by atoms with Crippen molar-refractivity contribution in [2.24, 2.45) is 0 Å². The number of aromatic nitrogens is 2. The molecule has 2 aromatic rings. The number of nitrogens with zero attached hydrogens (tertiary/aromatic N) is 3. The molecule has 17 heavy (non-hydrogen) atoms. The Morgan fingerprint density at radius 2 is 1.94 bits per heavy atom. The minimum Gasteiger partial charge on any atom is -0.340 e. The second kappa shape index (κ2) is 5.04. The van der Waals surface area contributed by atoms with Crippen molar-refractivity contribution in [2.45, 2.75) is 0 Å². The first-order valence-electron chi connectivity index (χ1n) is 4.64. The molecule has 0 bridgehead atoms. The number of nitrogens with one attached hydrogen (secondary N) is 1. The van der Waals surface area contributed by atoms with Crippen LogP contribution >= 0.6 is 22.6 Å². The minimum absolute atomic E-state index is 0.0628. The number of nitro benzene ring substituents is 1. The topological polar surface area (TPSA) is 81.0 Å². The van der Waals surface area contributed by atoms with E-state index in [9.17, 15) is 10.1 Å². The Hall–Kier alpha value is -1.77. The molecule has 86 valence electrons. The summed E-state index contributed by atoms with van der Waals surface area (Å²) < 4.78 is 0.821. The smallest absolute Gasteiger partial charge is 0.269 e. The highest BCUT2D eigenvalue weighted by molar-refractivity contribution is 14.1. The molecule has 0 saturated heterocycles. The third-order valence-corrected chi connectivity index (χ3v) is 2.57. The maximum Gasteiger partial charge on any atom is 0.269 e. The van der Waals surface area contributed by atoms with E-state index in [4.69, 9.17) is 0 Å². The minimum atomic E-state index is -0.433. The highest BCUT2D eigenvalue weighted by Crippen LogP contribution is 2.18. The molecule has 1 aromatic heterocycles. The van der Waals surface area contributed by atoms with Gasteiger partial charge in [-0.05, 0) is 34.7 Å². The third kappa shape index (κ3) is 3.09. The highest BCUT2D eigenvalue weighted by Gasteiger charge is 2.04. The fourth-order valence-electron chi connectivity index (χ4n) is 1.22. The van der Waals surface area contributed by atoms with E-state index >= 15 is 0 Å². The number of non-ortho nitro benzene ring substituents is 1. The molecule has 0 radical (unpaired) electrons. The summed E-state index contributed by atoms with van der Waals surface area (Å²) in [4.78, 5) is 18.0. The Morgan fingerprint density at radius 1 is 1.24 bits per heavy atom. The van der Waals surface area contributed by atoms with Crippen molar-refractivity contribution in [3.05, 3.63) is 50.5 Å². The van der Waals surface area contributed by atoms with Gasteiger partial charge >= 0.3 is 0 Å². The molecule has 7 heteroatoms. The van der Waals surface area contributed by atoms with Gasteiger partial charge in [0.2, 0.25) is 0 Å². The zero-order chi connectivity index (χ0) is 12.3. The number of benzene rings is 1. The maximum atomic E-state index is 10.5. The fourth-order valence-corrected chi connectivity index (χ4v) is 1.64. The molecular weight excluding hydrogens is 335 g/mol. The summed E-state index contributed by atoms with van der Waals surface area (Å²) in [6.45, 7) is 0. The van der Waals surface area contributed by atoms with Crippen LogP contribution in [0.5, 0.6) is 0 Å². The van der Waals surface area contributed by atoms with Gasteiger partial charge in [0.25, 0.3) is 5.69 Å². The normalized spacial score (nSPS) is 9.94. The summed E-state index contributed by atoms with van der Waals surface area (Å²) in [5.74, 6) is 0.651. The zero-order valence-corrected chi connectivity index (χ0v) is 10.7. The molecule has 0 aliphatic rings. The lowest BCUT2D eigenvalue weighted by molar-refractivity contribution is -0.384. The van der Waals surface area contributed by atoms with Crippen molar-refractivity contribution in [1.82, 2.24) is 9.97 Å². The second-order valence-corrected chi connectivity index (χ2v) is 4.26. The Kier molecular flexibility index (Phi) is 3.47. The lowest BCUT2D eigenvalue weighted by atomic mass is 10.3. The summed E-state index contributed by atoms with van der Waals surface area (Å²) >= 11 is 2.08. The van der Waals surface area contributed by atoms with E-state index in [1.165, 1.54) is 18.5 Å². The van der Waals surface area contributed by atoms with Gasteiger partial charge in [0.1, 0.15) is 15.8 Å². The molecule has 6 nitrogen and oxygen atoms in total. The second-order valence-electron chi connectivity index (χ2n) is 3.15. The molecule has 1 N–H and O–H groups in total. The average Bonchev–Trinajstić information content (AvgIpc) is 2.29. The number of rotatable bonds is 3. The van der Waals surface area contributed by atoms with Crippen LogP contribution in [-0.2, 0) is 0 Å². The van der Waals surface area contributed by atoms with E-state index in [0.29, 0.717) is 5.82 Å². The van der Waals surface area contributed by atoms with E-state index in [2.05, 4.69) is 37.9 Å². The van der Waals surface area contributed by atoms with Gasteiger partial charge in [-0.1, -0.05) is 0 Å². The lowest BCUT2D eigenvalue weighted by Crippen LogP contribution is -1.95. The molecule has 0 aliphatic carbocycles. The van der Waals surface area contributed by atoms with Crippen LogP contribution in [0.4, 0.5) is 17.2 Å². The first kappa shape index (κ1) is 11.7. The Morgan fingerprint density at radius 3 is 2.53 bits per heavy atom. The molecule has 1 aromatic carbocycles. The van der Waals surface area contributed by atoms with E-state index < -0.39 is 4.92 Å². The number of hydrogen-bond acceptors (Lipinski definition) is 5. The summed E-state index contributed by atoms with van der Waals surface area (Å²) in [6, 6.07) is 7.92. The van der Waals surface area contributed by atoms with Crippen LogP contribution < -0.4 is 5.32 Å². The average molecular weight is 342 g/mol. The van der Waals surface area contributed by atoms with Crippen molar-refractivity contribution < 1.29 is 4.92 Å². The Labute approximate surface area is 110 Å². The first-order chi connectivity index (χ1) is 8.15. The van der Waals surface area contributed by atoms with Gasteiger partial charge in [-0.2, -0.15) is 0 Å². The van der Waals surface area contributed by atoms with Crippen molar-refractivity contribution in [2.75, 3.05) is 5.32 Å². The standard InChI is InChI=1S/C10H7IN4O2/c11-9-5-10(13-6-12-9)14-7-1-3-8(4-2-7)15(16)17/h1-6H,(H,12,13,14). The fraction of sp³-hybridized carbons (Fsp3) is 0. The van der Waals surface area contributed by atoms with Gasteiger partial charge in [0.05, 0.1) is 4.92 Å². The van der Waals surface area contributed by atoms with Gasteiger partial charge in [0, 0.05) is 23.9 Å². The molecule has 0 unspecified atom stereocenters. The van der Waals surface area contributed by atoms with Gasteiger partial charge < -0.3 is 5.32 Å². The molecule has 2 rings (SSSR count). The highest BCUT2D eigenvalue weighted by atomic mass is 127. The van der Waals surface area contributed by atoms with Gasteiger partial charge in [0.15, 0.2) is 0 Å². The van der Waals surface area contributed by atoms with Crippen molar-refractivity contribution in [3.63, 3.8) is 0 Å². The van der Waals surface area contributed by atoms with Crippen LogP contribution in [0.3, 0.4) is 0 Å².